The lowest BCUT2D eigenvalue weighted by atomic mass is 9.94. The lowest BCUT2D eigenvalue weighted by Gasteiger charge is -2.32. The Morgan fingerprint density at radius 2 is 2.12 bits per heavy atom. The molecule has 94 valence electrons. The number of halogens is 2. The molecule has 1 heterocycles. The van der Waals surface area contributed by atoms with Crippen molar-refractivity contribution in [2.75, 3.05) is 19.7 Å². The Morgan fingerprint density at radius 3 is 2.82 bits per heavy atom. The fraction of sp³-hybridized carbons (Fsp3) is 0.500. The summed E-state index contributed by atoms with van der Waals surface area (Å²) in [6, 6.07) is 5.44. The topological polar surface area (TPSA) is 41.5 Å². The Bertz CT molecular complexity index is 394. The maximum absolute atomic E-state index is 10.3. The highest BCUT2D eigenvalue weighted by molar-refractivity contribution is 9.10. The van der Waals surface area contributed by atoms with Crippen LogP contribution in [0.3, 0.4) is 0 Å². The first-order chi connectivity index (χ1) is 8.09. The van der Waals surface area contributed by atoms with Crippen molar-refractivity contribution in [3.8, 4) is 5.75 Å². The normalized spacial score (nSPS) is 19.0. The van der Waals surface area contributed by atoms with Crippen LogP contribution >= 0.6 is 27.5 Å². The van der Waals surface area contributed by atoms with Crippen LogP contribution in [0, 0.1) is 0 Å². The highest BCUT2D eigenvalue weighted by Gasteiger charge is 2.30. The van der Waals surface area contributed by atoms with Crippen LogP contribution in [0.15, 0.2) is 22.7 Å². The largest absolute Gasteiger partial charge is 0.489 e. The van der Waals surface area contributed by atoms with Crippen molar-refractivity contribution in [1.29, 1.82) is 0 Å². The van der Waals surface area contributed by atoms with Gasteiger partial charge in [-0.1, -0.05) is 27.5 Å². The molecule has 1 aliphatic heterocycles. The average molecular weight is 321 g/mol. The fourth-order valence-electron chi connectivity index (χ4n) is 1.84. The minimum Gasteiger partial charge on any atom is -0.489 e. The van der Waals surface area contributed by atoms with Crippen molar-refractivity contribution in [1.82, 2.24) is 5.32 Å². The number of piperidine rings is 1. The second-order valence-corrected chi connectivity index (χ2v) is 5.66. The predicted molar refractivity (Wildman–Crippen MR) is 71.7 cm³/mol. The SMILES string of the molecule is OC1(COc2cc(Br)ccc2Cl)CCNCC1. The van der Waals surface area contributed by atoms with Gasteiger partial charge >= 0.3 is 0 Å². The summed E-state index contributed by atoms with van der Waals surface area (Å²) in [5.41, 5.74) is -0.739. The van der Waals surface area contributed by atoms with E-state index < -0.39 is 5.60 Å². The van der Waals surface area contributed by atoms with Crippen molar-refractivity contribution in [2.45, 2.75) is 18.4 Å². The summed E-state index contributed by atoms with van der Waals surface area (Å²) in [5, 5.41) is 14.0. The standard InChI is InChI=1S/C12H15BrClNO2/c13-9-1-2-10(14)11(7-9)17-8-12(16)3-5-15-6-4-12/h1-2,7,15-16H,3-6,8H2. The van der Waals surface area contributed by atoms with Gasteiger partial charge in [-0.2, -0.15) is 0 Å². The van der Waals surface area contributed by atoms with E-state index in [-0.39, 0.29) is 6.61 Å². The minimum absolute atomic E-state index is 0.283. The van der Waals surface area contributed by atoms with Crippen LogP contribution in [0.4, 0.5) is 0 Å². The van der Waals surface area contributed by atoms with E-state index in [0.717, 1.165) is 17.6 Å². The van der Waals surface area contributed by atoms with E-state index in [1.54, 1.807) is 6.07 Å². The number of aliphatic hydroxyl groups is 1. The second-order valence-electron chi connectivity index (χ2n) is 4.34. The third-order valence-electron chi connectivity index (χ3n) is 2.92. The molecule has 2 N–H and O–H groups in total. The molecule has 3 nitrogen and oxygen atoms in total. The van der Waals surface area contributed by atoms with Gasteiger partial charge in [0.05, 0.1) is 5.02 Å². The van der Waals surface area contributed by atoms with Gasteiger partial charge in [0.15, 0.2) is 0 Å². The molecule has 0 saturated carbocycles. The van der Waals surface area contributed by atoms with Gasteiger partial charge in [0.25, 0.3) is 0 Å². The van der Waals surface area contributed by atoms with Crippen LogP contribution < -0.4 is 10.1 Å². The second kappa shape index (κ2) is 5.57. The zero-order chi connectivity index (χ0) is 12.3. The van der Waals surface area contributed by atoms with Gasteiger partial charge in [-0.05, 0) is 44.1 Å². The molecule has 5 heteroatoms. The molecule has 0 spiro atoms. The highest BCUT2D eigenvalue weighted by Crippen LogP contribution is 2.29. The van der Waals surface area contributed by atoms with E-state index >= 15 is 0 Å². The molecule has 0 bridgehead atoms. The zero-order valence-electron chi connectivity index (χ0n) is 9.38. The Labute approximate surface area is 114 Å². The molecule has 1 saturated heterocycles. The predicted octanol–water partition coefficient (Wildman–Crippen LogP) is 2.60. The molecule has 1 aromatic rings. The maximum atomic E-state index is 10.3. The van der Waals surface area contributed by atoms with Gasteiger partial charge in [0.1, 0.15) is 18.0 Å². The molecular formula is C12H15BrClNO2. The third kappa shape index (κ3) is 3.58. The summed E-state index contributed by atoms with van der Waals surface area (Å²) in [7, 11) is 0. The molecule has 0 radical (unpaired) electrons. The van der Waals surface area contributed by atoms with Crippen LogP contribution in [-0.4, -0.2) is 30.4 Å². The van der Waals surface area contributed by atoms with Gasteiger partial charge in [-0.25, -0.2) is 0 Å². The number of benzene rings is 1. The molecule has 0 amide bonds. The van der Waals surface area contributed by atoms with Crippen molar-refractivity contribution < 1.29 is 9.84 Å². The first-order valence-electron chi connectivity index (χ1n) is 5.60. The van der Waals surface area contributed by atoms with Crippen LogP contribution in [0.25, 0.3) is 0 Å². The van der Waals surface area contributed by atoms with E-state index in [9.17, 15) is 5.11 Å². The van der Waals surface area contributed by atoms with E-state index in [2.05, 4.69) is 21.2 Å². The average Bonchev–Trinajstić information content (AvgIpc) is 2.31. The summed E-state index contributed by atoms with van der Waals surface area (Å²) in [4.78, 5) is 0. The summed E-state index contributed by atoms with van der Waals surface area (Å²) in [5.74, 6) is 0.605. The van der Waals surface area contributed by atoms with E-state index in [4.69, 9.17) is 16.3 Å². The Balaban J connectivity index is 1.99. The van der Waals surface area contributed by atoms with Crippen molar-refractivity contribution in [3.05, 3.63) is 27.7 Å². The fourth-order valence-corrected chi connectivity index (χ4v) is 2.35. The lowest BCUT2D eigenvalue weighted by Crippen LogP contribution is -2.46. The van der Waals surface area contributed by atoms with Gasteiger partial charge in [-0.3, -0.25) is 0 Å². The lowest BCUT2D eigenvalue weighted by molar-refractivity contribution is -0.0285. The van der Waals surface area contributed by atoms with Gasteiger partial charge in [0, 0.05) is 4.47 Å². The van der Waals surface area contributed by atoms with Crippen LogP contribution in [0.1, 0.15) is 12.8 Å². The molecule has 0 unspecified atom stereocenters. The highest BCUT2D eigenvalue weighted by atomic mass is 79.9. The Kier molecular flexibility index (Phi) is 4.31. The first-order valence-corrected chi connectivity index (χ1v) is 6.77. The van der Waals surface area contributed by atoms with Gasteiger partial charge in [0.2, 0.25) is 0 Å². The van der Waals surface area contributed by atoms with E-state index in [0.29, 0.717) is 23.6 Å². The molecule has 0 atom stereocenters. The van der Waals surface area contributed by atoms with E-state index in [1.807, 2.05) is 12.1 Å². The molecule has 2 rings (SSSR count). The number of hydrogen-bond donors (Lipinski definition) is 2. The summed E-state index contributed by atoms with van der Waals surface area (Å²) >= 11 is 9.38. The molecular weight excluding hydrogens is 305 g/mol. The summed E-state index contributed by atoms with van der Waals surface area (Å²) < 4.78 is 6.53. The number of rotatable bonds is 3. The zero-order valence-corrected chi connectivity index (χ0v) is 11.7. The first kappa shape index (κ1) is 13.1. The van der Waals surface area contributed by atoms with Crippen LogP contribution in [-0.2, 0) is 0 Å². The molecule has 0 aromatic heterocycles. The van der Waals surface area contributed by atoms with Crippen molar-refractivity contribution in [3.63, 3.8) is 0 Å². The third-order valence-corrected chi connectivity index (χ3v) is 3.73. The number of hydrogen-bond acceptors (Lipinski definition) is 3. The molecule has 17 heavy (non-hydrogen) atoms. The number of ether oxygens (including phenoxy) is 1. The molecule has 1 fully saturated rings. The Hall–Kier alpha value is -0.290. The van der Waals surface area contributed by atoms with Crippen LogP contribution in [0.5, 0.6) is 5.75 Å². The van der Waals surface area contributed by atoms with Gasteiger partial charge in [-0.15, -0.1) is 0 Å². The monoisotopic (exact) mass is 319 g/mol. The van der Waals surface area contributed by atoms with E-state index in [1.165, 1.54) is 0 Å². The maximum Gasteiger partial charge on any atom is 0.139 e. The van der Waals surface area contributed by atoms with Crippen molar-refractivity contribution >= 4 is 27.5 Å². The molecule has 1 aliphatic rings. The molecule has 0 aliphatic carbocycles. The summed E-state index contributed by atoms with van der Waals surface area (Å²) in [6.45, 7) is 1.93. The Morgan fingerprint density at radius 1 is 1.41 bits per heavy atom. The van der Waals surface area contributed by atoms with Gasteiger partial charge < -0.3 is 15.2 Å². The summed E-state index contributed by atoms with van der Waals surface area (Å²) in [6.07, 6.45) is 1.41. The molecule has 1 aromatic carbocycles. The van der Waals surface area contributed by atoms with Crippen LogP contribution in [0.2, 0.25) is 5.02 Å². The number of nitrogens with one attached hydrogen (secondary N) is 1. The minimum atomic E-state index is -0.739. The van der Waals surface area contributed by atoms with Crippen molar-refractivity contribution in [2.24, 2.45) is 0 Å². The quantitative estimate of drug-likeness (QED) is 0.899. The smallest absolute Gasteiger partial charge is 0.139 e.